The van der Waals surface area contributed by atoms with Gasteiger partial charge in [0.05, 0.1) is 11.1 Å². The number of nitrogens with zero attached hydrogens (tertiary/aromatic N) is 1. The van der Waals surface area contributed by atoms with E-state index in [0.717, 1.165) is 17.2 Å². The third kappa shape index (κ3) is 3.90. The van der Waals surface area contributed by atoms with Crippen molar-refractivity contribution in [1.82, 2.24) is 4.98 Å². The molecule has 0 saturated carbocycles. The highest BCUT2D eigenvalue weighted by Gasteiger charge is 2.34. The van der Waals surface area contributed by atoms with Crippen molar-refractivity contribution in [2.45, 2.75) is 12.1 Å². The number of aromatic nitrogens is 1. The molecule has 5 heteroatoms. The van der Waals surface area contributed by atoms with Crippen LogP contribution >= 0.6 is 0 Å². The molecule has 1 heterocycles. The van der Waals surface area contributed by atoms with Crippen LogP contribution in [-0.4, -0.2) is 10.1 Å². The minimum absolute atomic E-state index is 0.00599. The predicted molar refractivity (Wildman–Crippen MR) is 128 cm³/mol. The van der Waals surface area contributed by atoms with E-state index < -0.39 is 11.7 Å². The number of hydrogen-bond acceptors (Lipinski definition) is 2. The Morgan fingerprint density at radius 3 is 1.85 bits per heavy atom. The Hall–Kier alpha value is -4.12. The van der Waals surface area contributed by atoms with Gasteiger partial charge in [-0.3, -0.25) is 4.98 Å². The molecule has 1 aromatic heterocycles. The first-order chi connectivity index (χ1) is 16.4. The number of phenols is 1. The summed E-state index contributed by atoms with van der Waals surface area (Å²) >= 11 is 0. The quantitative estimate of drug-likeness (QED) is 0.300. The lowest BCUT2D eigenvalue weighted by Gasteiger charge is -2.24. The highest BCUT2D eigenvalue weighted by molar-refractivity contribution is 5.99. The van der Waals surface area contributed by atoms with E-state index >= 15 is 0 Å². The van der Waals surface area contributed by atoms with Gasteiger partial charge in [0.15, 0.2) is 0 Å². The summed E-state index contributed by atoms with van der Waals surface area (Å²) in [6.45, 7) is 0. The predicted octanol–water partition coefficient (Wildman–Crippen LogP) is 7.81. The standard InChI is InChI=1S/C29H20F3NO/c30-29(31,32)24-16-9-15-22-27(21-14-7-8-17-25(21)34)23(18-33-28(22)24)26(19-10-3-1-4-11-19)20-12-5-2-6-13-20/h1-18,26,34H. The average molecular weight is 455 g/mol. The Morgan fingerprint density at radius 2 is 1.26 bits per heavy atom. The number of para-hydroxylation sites is 2. The molecule has 0 fully saturated rings. The van der Waals surface area contributed by atoms with Crippen LogP contribution in [0.5, 0.6) is 5.75 Å². The van der Waals surface area contributed by atoms with Gasteiger partial charge in [-0.15, -0.1) is 0 Å². The topological polar surface area (TPSA) is 33.1 Å². The number of phenolic OH excluding ortho intramolecular Hbond substituents is 1. The molecule has 4 aromatic carbocycles. The third-order valence-electron chi connectivity index (χ3n) is 5.98. The van der Waals surface area contributed by atoms with E-state index in [2.05, 4.69) is 4.98 Å². The van der Waals surface area contributed by atoms with Crippen molar-refractivity contribution in [1.29, 1.82) is 0 Å². The maximum atomic E-state index is 13.8. The second-order valence-corrected chi connectivity index (χ2v) is 8.06. The van der Waals surface area contributed by atoms with Gasteiger partial charge in [-0.2, -0.15) is 13.2 Å². The number of benzene rings is 4. The number of alkyl halides is 3. The van der Waals surface area contributed by atoms with Crippen molar-refractivity contribution >= 4 is 10.9 Å². The van der Waals surface area contributed by atoms with Gasteiger partial charge in [0.25, 0.3) is 0 Å². The van der Waals surface area contributed by atoms with Crippen LogP contribution in [0.2, 0.25) is 0 Å². The molecule has 0 spiro atoms. The summed E-state index contributed by atoms with van der Waals surface area (Å²) < 4.78 is 41.5. The molecule has 1 N–H and O–H groups in total. The molecule has 0 saturated heterocycles. The zero-order valence-electron chi connectivity index (χ0n) is 18.0. The summed E-state index contributed by atoms with van der Waals surface area (Å²) in [4.78, 5) is 4.33. The Morgan fingerprint density at radius 1 is 0.676 bits per heavy atom. The summed E-state index contributed by atoms with van der Waals surface area (Å²) in [6.07, 6.45) is -3.04. The SMILES string of the molecule is Oc1ccccc1-c1c(C(c2ccccc2)c2ccccc2)cnc2c(C(F)(F)F)cccc12. The van der Waals surface area contributed by atoms with Gasteiger partial charge in [-0.05, 0) is 28.8 Å². The lowest BCUT2D eigenvalue weighted by atomic mass is 9.81. The second kappa shape index (κ2) is 8.67. The fourth-order valence-corrected chi connectivity index (χ4v) is 4.51. The number of hydrogen-bond donors (Lipinski definition) is 1. The number of fused-ring (bicyclic) bond motifs is 1. The van der Waals surface area contributed by atoms with Crippen LogP contribution in [0.3, 0.4) is 0 Å². The van der Waals surface area contributed by atoms with Gasteiger partial charge in [0.1, 0.15) is 5.75 Å². The van der Waals surface area contributed by atoms with E-state index in [1.165, 1.54) is 12.3 Å². The first kappa shape index (κ1) is 21.7. The minimum Gasteiger partial charge on any atom is -0.507 e. The molecule has 0 bridgehead atoms. The monoisotopic (exact) mass is 455 g/mol. The zero-order chi connectivity index (χ0) is 23.7. The third-order valence-corrected chi connectivity index (χ3v) is 5.98. The largest absolute Gasteiger partial charge is 0.507 e. The first-order valence-electron chi connectivity index (χ1n) is 10.8. The Labute approximate surface area is 195 Å². The van der Waals surface area contributed by atoms with E-state index in [0.29, 0.717) is 22.1 Å². The summed E-state index contributed by atoms with van der Waals surface area (Å²) in [6, 6.07) is 30.3. The molecule has 34 heavy (non-hydrogen) atoms. The fourth-order valence-electron chi connectivity index (χ4n) is 4.51. The summed E-state index contributed by atoms with van der Waals surface area (Å²) in [7, 11) is 0. The maximum absolute atomic E-state index is 13.8. The smallest absolute Gasteiger partial charge is 0.418 e. The molecule has 0 aliphatic heterocycles. The zero-order valence-corrected chi connectivity index (χ0v) is 18.0. The number of pyridine rings is 1. The molecule has 0 atom stereocenters. The second-order valence-electron chi connectivity index (χ2n) is 8.06. The van der Waals surface area contributed by atoms with E-state index in [9.17, 15) is 18.3 Å². The van der Waals surface area contributed by atoms with Crippen molar-refractivity contribution in [2.75, 3.05) is 0 Å². The number of rotatable bonds is 4. The molecule has 168 valence electrons. The molecule has 5 rings (SSSR count). The lowest BCUT2D eigenvalue weighted by molar-refractivity contribution is -0.136. The van der Waals surface area contributed by atoms with Crippen molar-refractivity contribution in [3.63, 3.8) is 0 Å². The van der Waals surface area contributed by atoms with Gasteiger partial charge in [0, 0.05) is 28.6 Å². The molecular weight excluding hydrogens is 435 g/mol. The van der Waals surface area contributed by atoms with Crippen LogP contribution in [0.15, 0.2) is 109 Å². The molecule has 5 aromatic rings. The number of halogens is 3. The van der Waals surface area contributed by atoms with Crippen LogP contribution < -0.4 is 0 Å². The Bertz CT molecular complexity index is 1410. The van der Waals surface area contributed by atoms with E-state index in [1.54, 1.807) is 30.3 Å². The molecule has 0 amide bonds. The molecule has 2 nitrogen and oxygen atoms in total. The van der Waals surface area contributed by atoms with Crippen molar-refractivity contribution in [3.05, 3.63) is 132 Å². The lowest BCUT2D eigenvalue weighted by Crippen LogP contribution is -2.10. The molecule has 0 radical (unpaired) electrons. The van der Waals surface area contributed by atoms with Gasteiger partial charge in [-0.25, -0.2) is 0 Å². The highest BCUT2D eigenvalue weighted by Crippen LogP contribution is 2.45. The first-order valence-corrected chi connectivity index (χ1v) is 10.8. The van der Waals surface area contributed by atoms with E-state index in [-0.39, 0.29) is 17.2 Å². The van der Waals surface area contributed by atoms with Gasteiger partial charge in [0.2, 0.25) is 0 Å². The Balaban J connectivity index is 1.90. The van der Waals surface area contributed by atoms with Gasteiger partial charge < -0.3 is 5.11 Å². The van der Waals surface area contributed by atoms with Crippen molar-refractivity contribution in [2.24, 2.45) is 0 Å². The van der Waals surface area contributed by atoms with Gasteiger partial charge >= 0.3 is 6.18 Å². The molecular formula is C29H20F3NO. The molecule has 0 aliphatic rings. The molecule has 0 unspecified atom stereocenters. The van der Waals surface area contributed by atoms with Crippen LogP contribution in [-0.2, 0) is 6.18 Å². The average Bonchev–Trinajstić information content (AvgIpc) is 2.85. The van der Waals surface area contributed by atoms with Crippen LogP contribution in [0.4, 0.5) is 13.2 Å². The van der Waals surface area contributed by atoms with Gasteiger partial charge in [-0.1, -0.05) is 91.0 Å². The summed E-state index contributed by atoms with van der Waals surface area (Å²) in [5.74, 6) is -0.308. The highest BCUT2D eigenvalue weighted by atomic mass is 19.4. The van der Waals surface area contributed by atoms with Crippen LogP contribution in [0.25, 0.3) is 22.0 Å². The van der Waals surface area contributed by atoms with Crippen molar-refractivity contribution < 1.29 is 18.3 Å². The van der Waals surface area contributed by atoms with Crippen LogP contribution in [0, 0.1) is 0 Å². The molecule has 0 aliphatic carbocycles. The normalized spacial score (nSPS) is 11.8. The number of aromatic hydroxyl groups is 1. The Kier molecular flexibility index (Phi) is 5.54. The maximum Gasteiger partial charge on any atom is 0.418 e. The summed E-state index contributed by atoms with van der Waals surface area (Å²) in [5, 5.41) is 11.1. The fraction of sp³-hybridized carbons (Fsp3) is 0.0690. The van der Waals surface area contributed by atoms with E-state index in [4.69, 9.17) is 0 Å². The van der Waals surface area contributed by atoms with Crippen molar-refractivity contribution in [3.8, 4) is 16.9 Å². The minimum atomic E-state index is -4.55. The summed E-state index contributed by atoms with van der Waals surface area (Å²) in [5.41, 5.74) is 2.71. The van der Waals surface area contributed by atoms with Crippen LogP contribution in [0.1, 0.15) is 28.2 Å². The van der Waals surface area contributed by atoms with E-state index in [1.807, 2.05) is 60.7 Å².